The van der Waals surface area contributed by atoms with Crippen LogP contribution in [0, 0.1) is 0 Å². The summed E-state index contributed by atoms with van der Waals surface area (Å²) < 4.78 is 1.54. The maximum Gasteiger partial charge on any atom is 0.358 e. The molecule has 0 amide bonds. The van der Waals surface area contributed by atoms with Crippen LogP contribution in [0.2, 0.25) is 0 Å². The molecule has 0 saturated carbocycles. The van der Waals surface area contributed by atoms with E-state index in [1.54, 1.807) is 0 Å². The second kappa shape index (κ2) is 7.78. The fraction of sp³-hybridized carbons (Fsp3) is 0.727. The number of rotatable bonds is 9. The molecule has 1 aromatic heterocycles. The van der Waals surface area contributed by atoms with Crippen LogP contribution in [0.4, 0.5) is 0 Å². The van der Waals surface area contributed by atoms with Crippen LogP contribution in [-0.4, -0.2) is 63.7 Å². The summed E-state index contributed by atoms with van der Waals surface area (Å²) in [5, 5.41) is 19.3. The molecule has 1 rings (SSSR count). The lowest BCUT2D eigenvalue weighted by Gasteiger charge is -2.17. The van der Waals surface area contributed by atoms with Gasteiger partial charge in [0.15, 0.2) is 5.69 Å². The zero-order valence-electron chi connectivity index (χ0n) is 11.0. The van der Waals surface area contributed by atoms with E-state index in [4.69, 9.17) is 5.11 Å². The van der Waals surface area contributed by atoms with E-state index in [1.165, 1.54) is 10.9 Å². The standard InChI is InChI=1S/C11H21N5O2/c1-3-15(4-2)7-5-12-6-8-16-9-10(11(17)18)13-14-16/h9,12H,3-8H2,1-2H3,(H,17,18). The van der Waals surface area contributed by atoms with Crippen LogP contribution in [0.3, 0.4) is 0 Å². The summed E-state index contributed by atoms with van der Waals surface area (Å²) in [6, 6.07) is 0. The van der Waals surface area contributed by atoms with E-state index in [2.05, 4.69) is 34.4 Å². The Morgan fingerprint density at radius 1 is 1.44 bits per heavy atom. The van der Waals surface area contributed by atoms with Gasteiger partial charge in [0.1, 0.15) is 0 Å². The molecule has 1 aromatic rings. The van der Waals surface area contributed by atoms with Crippen LogP contribution >= 0.6 is 0 Å². The van der Waals surface area contributed by atoms with Crippen LogP contribution in [0.1, 0.15) is 24.3 Å². The van der Waals surface area contributed by atoms with E-state index in [9.17, 15) is 4.79 Å². The lowest BCUT2D eigenvalue weighted by atomic mass is 10.4. The molecule has 102 valence electrons. The molecule has 7 heteroatoms. The molecule has 0 aliphatic heterocycles. The van der Waals surface area contributed by atoms with Gasteiger partial charge in [0.25, 0.3) is 0 Å². The Morgan fingerprint density at radius 2 is 2.17 bits per heavy atom. The summed E-state index contributed by atoms with van der Waals surface area (Å²) >= 11 is 0. The summed E-state index contributed by atoms with van der Waals surface area (Å²) in [7, 11) is 0. The van der Waals surface area contributed by atoms with Crippen molar-refractivity contribution in [1.29, 1.82) is 0 Å². The van der Waals surface area contributed by atoms with Crippen molar-refractivity contribution >= 4 is 5.97 Å². The summed E-state index contributed by atoms with van der Waals surface area (Å²) in [6.07, 6.45) is 1.44. The normalized spacial score (nSPS) is 11.1. The first-order valence-electron chi connectivity index (χ1n) is 6.23. The number of carboxylic acids is 1. The third kappa shape index (κ3) is 4.80. The summed E-state index contributed by atoms with van der Waals surface area (Å²) in [6.45, 7) is 9.72. The lowest BCUT2D eigenvalue weighted by molar-refractivity contribution is 0.0690. The maximum absolute atomic E-state index is 10.6. The number of aromatic nitrogens is 3. The first-order chi connectivity index (χ1) is 8.67. The Labute approximate surface area is 107 Å². The van der Waals surface area contributed by atoms with Crippen molar-refractivity contribution in [3.8, 4) is 0 Å². The molecule has 0 fully saturated rings. The number of likely N-dealkylation sites (N-methyl/N-ethyl adjacent to an activating group) is 1. The minimum atomic E-state index is -1.05. The fourth-order valence-corrected chi connectivity index (χ4v) is 1.60. The number of carbonyl (C=O) groups is 1. The zero-order valence-corrected chi connectivity index (χ0v) is 11.0. The Hall–Kier alpha value is -1.47. The molecule has 0 spiro atoms. The van der Waals surface area contributed by atoms with Gasteiger partial charge in [0, 0.05) is 19.6 Å². The van der Waals surface area contributed by atoms with Gasteiger partial charge in [-0.15, -0.1) is 5.10 Å². The van der Waals surface area contributed by atoms with E-state index in [0.29, 0.717) is 6.54 Å². The second-order valence-corrected chi connectivity index (χ2v) is 3.95. The van der Waals surface area contributed by atoms with E-state index in [1.807, 2.05) is 0 Å². The van der Waals surface area contributed by atoms with Crippen molar-refractivity contribution in [2.75, 3.05) is 32.7 Å². The first-order valence-corrected chi connectivity index (χ1v) is 6.23. The molecule has 0 aliphatic rings. The van der Waals surface area contributed by atoms with Crippen molar-refractivity contribution in [2.45, 2.75) is 20.4 Å². The topological polar surface area (TPSA) is 83.3 Å². The van der Waals surface area contributed by atoms with Gasteiger partial charge < -0.3 is 15.3 Å². The summed E-state index contributed by atoms with van der Waals surface area (Å²) in [4.78, 5) is 12.9. The zero-order chi connectivity index (χ0) is 13.4. The van der Waals surface area contributed by atoms with Gasteiger partial charge >= 0.3 is 5.97 Å². The average Bonchev–Trinajstić information content (AvgIpc) is 2.83. The predicted octanol–water partition coefficient (Wildman–Crippen LogP) is -0.0923. The van der Waals surface area contributed by atoms with E-state index in [0.717, 1.165) is 32.7 Å². The number of hydrogen-bond donors (Lipinski definition) is 2. The molecule has 0 radical (unpaired) electrons. The van der Waals surface area contributed by atoms with Gasteiger partial charge in [-0.25, -0.2) is 4.79 Å². The number of nitrogens with zero attached hydrogens (tertiary/aromatic N) is 4. The quantitative estimate of drug-likeness (QED) is 0.600. The van der Waals surface area contributed by atoms with Gasteiger partial charge in [0.2, 0.25) is 0 Å². The van der Waals surface area contributed by atoms with Gasteiger partial charge in [-0.2, -0.15) is 0 Å². The maximum atomic E-state index is 10.6. The molecule has 7 nitrogen and oxygen atoms in total. The van der Waals surface area contributed by atoms with Gasteiger partial charge in [-0.1, -0.05) is 19.1 Å². The highest BCUT2D eigenvalue weighted by Crippen LogP contribution is 1.91. The minimum absolute atomic E-state index is 0.0156. The highest BCUT2D eigenvalue weighted by Gasteiger charge is 2.07. The van der Waals surface area contributed by atoms with Crippen LogP contribution in [0.25, 0.3) is 0 Å². The number of hydrogen-bond acceptors (Lipinski definition) is 5. The van der Waals surface area contributed by atoms with Crippen molar-refractivity contribution in [3.63, 3.8) is 0 Å². The Kier molecular flexibility index (Phi) is 6.31. The van der Waals surface area contributed by atoms with Crippen LogP contribution < -0.4 is 5.32 Å². The third-order valence-electron chi connectivity index (χ3n) is 2.77. The van der Waals surface area contributed by atoms with Crippen LogP contribution in [-0.2, 0) is 6.54 Å². The Bertz CT molecular complexity index is 362. The molecule has 2 N–H and O–H groups in total. The summed E-state index contributed by atoms with van der Waals surface area (Å²) in [5.41, 5.74) is -0.0156. The molecule has 0 aliphatic carbocycles. The first kappa shape index (κ1) is 14.6. The average molecular weight is 255 g/mol. The van der Waals surface area contributed by atoms with Crippen molar-refractivity contribution in [2.24, 2.45) is 0 Å². The highest BCUT2D eigenvalue weighted by atomic mass is 16.4. The molecule has 0 atom stereocenters. The van der Waals surface area contributed by atoms with Gasteiger partial charge in [-0.3, -0.25) is 4.68 Å². The Balaban J connectivity index is 2.15. The van der Waals surface area contributed by atoms with Crippen LogP contribution in [0.5, 0.6) is 0 Å². The van der Waals surface area contributed by atoms with Crippen molar-refractivity contribution in [3.05, 3.63) is 11.9 Å². The number of nitrogens with one attached hydrogen (secondary N) is 1. The highest BCUT2D eigenvalue weighted by molar-refractivity contribution is 5.84. The molecule has 0 bridgehead atoms. The smallest absolute Gasteiger partial charge is 0.358 e. The second-order valence-electron chi connectivity index (χ2n) is 3.95. The molecule has 0 unspecified atom stereocenters. The van der Waals surface area contributed by atoms with Gasteiger partial charge in [-0.05, 0) is 13.1 Å². The molecular formula is C11H21N5O2. The van der Waals surface area contributed by atoms with Gasteiger partial charge in [0.05, 0.1) is 12.7 Å². The van der Waals surface area contributed by atoms with E-state index < -0.39 is 5.97 Å². The predicted molar refractivity (Wildman–Crippen MR) is 67.6 cm³/mol. The molecule has 0 aromatic carbocycles. The van der Waals surface area contributed by atoms with E-state index in [-0.39, 0.29) is 5.69 Å². The molecular weight excluding hydrogens is 234 g/mol. The minimum Gasteiger partial charge on any atom is -0.476 e. The SMILES string of the molecule is CCN(CC)CCNCCn1cc(C(=O)O)nn1. The van der Waals surface area contributed by atoms with Crippen LogP contribution in [0.15, 0.2) is 6.20 Å². The number of aromatic carboxylic acids is 1. The molecule has 18 heavy (non-hydrogen) atoms. The monoisotopic (exact) mass is 255 g/mol. The largest absolute Gasteiger partial charge is 0.476 e. The lowest BCUT2D eigenvalue weighted by Crippen LogP contribution is -2.33. The van der Waals surface area contributed by atoms with E-state index >= 15 is 0 Å². The van der Waals surface area contributed by atoms with Crippen molar-refractivity contribution in [1.82, 2.24) is 25.2 Å². The molecule has 0 saturated heterocycles. The third-order valence-corrected chi connectivity index (χ3v) is 2.77. The summed E-state index contributed by atoms with van der Waals surface area (Å²) in [5.74, 6) is -1.05. The van der Waals surface area contributed by atoms with Crippen molar-refractivity contribution < 1.29 is 9.90 Å². The fourth-order valence-electron chi connectivity index (χ4n) is 1.60. The molecule has 1 heterocycles. The Morgan fingerprint density at radius 3 is 2.72 bits per heavy atom. The number of carboxylic acid groups (broad SMARTS) is 1.